The van der Waals surface area contributed by atoms with Crippen molar-refractivity contribution in [3.05, 3.63) is 22.7 Å². The molecule has 0 atom stereocenters. The molecule has 0 aliphatic heterocycles. The number of nitrogens with one attached hydrogen (secondary N) is 2. The van der Waals surface area contributed by atoms with Crippen LogP contribution in [0.15, 0.2) is 17.2 Å². The monoisotopic (exact) mass is 301 g/mol. The van der Waals surface area contributed by atoms with Crippen molar-refractivity contribution in [2.75, 3.05) is 20.8 Å². The normalized spacial score (nSPS) is 10.3. The van der Waals surface area contributed by atoms with E-state index in [2.05, 4.69) is 15.8 Å². The predicted octanol–water partition coefficient (Wildman–Crippen LogP) is 2.18. The average Bonchev–Trinajstić information content (AvgIpc) is 2.41. The topological polar surface area (TPSA) is 54.9 Å². The molecule has 0 saturated heterocycles. The molecule has 1 rings (SSSR count). The molecule has 0 amide bonds. The lowest BCUT2D eigenvalue weighted by Crippen LogP contribution is -2.28. The number of halogens is 1. The van der Waals surface area contributed by atoms with Crippen molar-refractivity contribution in [1.29, 1.82) is 0 Å². The van der Waals surface area contributed by atoms with Crippen LogP contribution < -0.4 is 20.2 Å². The standard InChI is InChI=1S/C12H16ClN3O2S/c1-4-18-11-9(13)5-8(6-10(11)17-3)7-15-16-12(19)14-2/h5-7H,4H2,1-3H3,(H2,14,16,19)/b15-7-. The Labute approximate surface area is 122 Å². The fraction of sp³-hybridized carbons (Fsp3) is 0.333. The van der Waals surface area contributed by atoms with Crippen LogP contribution in [0.1, 0.15) is 12.5 Å². The highest BCUT2D eigenvalue weighted by atomic mass is 35.5. The summed E-state index contributed by atoms with van der Waals surface area (Å²) in [5.74, 6) is 1.09. The van der Waals surface area contributed by atoms with Crippen LogP contribution in [0.3, 0.4) is 0 Å². The number of rotatable bonds is 5. The maximum atomic E-state index is 6.14. The Kier molecular flexibility index (Phi) is 6.38. The number of thiocarbonyl (C=S) groups is 1. The molecule has 0 unspecified atom stereocenters. The second-order valence-corrected chi connectivity index (χ2v) is 4.23. The number of hydrazone groups is 1. The lowest BCUT2D eigenvalue weighted by atomic mass is 10.2. The predicted molar refractivity (Wildman–Crippen MR) is 81.6 cm³/mol. The molecule has 0 saturated carbocycles. The van der Waals surface area contributed by atoms with Gasteiger partial charge in [-0.2, -0.15) is 5.10 Å². The van der Waals surface area contributed by atoms with Gasteiger partial charge in [-0.1, -0.05) is 11.6 Å². The summed E-state index contributed by atoms with van der Waals surface area (Å²) in [5.41, 5.74) is 3.43. The zero-order chi connectivity index (χ0) is 14.3. The molecule has 104 valence electrons. The summed E-state index contributed by atoms with van der Waals surface area (Å²) < 4.78 is 10.7. The highest BCUT2D eigenvalue weighted by molar-refractivity contribution is 7.80. The maximum absolute atomic E-state index is 6.14. The van der Waals surface area contributed by atoms with Gasteiger partial charge in [0.1, 0.15) is 0 Å². The Bertz CT molecular complexity index is 480. The molecule has 5 nitrogen and oxygen atoms in total. The lowest BCUT2D eigenvalue weighted by molar-refractivity contribution is 0.311. The number of nitrogens with zero attached hydrogens (tertiary/aromatic N) is 1. The van der Waals surface area contributed by atoms with E-state index in [0.717, 1.165) is 5.56 Å². The van der Waals surface area contributed by atoms with E-state index in [1.807, 2.05) is 6.92 Å². The van der Waals surface area contributed by atoms with Crippen molar-refractivity contribution in [2.24, 2.45) is 5.10 Å². The maximum Gasteiger partial charge on any atom is 0.186 e. The Hall–Kier alpha value is -1.53. The minimum Gasteiger partial charge on any atom is -0.493 e. The number of methoxy groups -OCH3 is 1. The summed E-state index contributed by atoms with van der Waals surface area (Å²) in [6.45, 7) is 2.40. The highest BCUT2D eigenvalue weighted by Gasteiger charge is 2.10. The van der Waals surface area contributed by atoms with Crippen molar-refractivity contribution in [2.45, 2.75) is 6.92 Å². The fourth-order valence-corrected chi connectivity index (χ4v) is 1.65. The third kappa shape index (κ3) is 4.57. The first-order chi connectivity index (χ1) is 9.12. The molecule has 19 heavy (non-hydrogen) atoms. The van der Waals surface area contributed by atoms with Crippen LogP contribution in [0, 0.1) is 0 Å². The van der Waals surface area contributed by atoms with Crippen LogP contribution >= 0.6 is 23.8 Å². The third-order valence-corrected chi connectivity index (χ3v) is 2.72. The smallest absolute Gasteiger partial charge is 0.186 e. The first kappa shape index (κ1) is 15.5. The van der Waals surface area contributed by atoms with Gasteiger partial charge in [-0.05, 0) is 36.8 Å². The van der Waals surface area contributed by atoms with Gasteiger partial charge in [0.2, 0.25) is 0 Å². The second-order valence-electron chi connectivity index (χ2n) is 3.42. The Morgan fingerprint density at radius 2 is 2.26 bits per heavy atom. The summed E-state index contributed by atoms with van der Waals surface area (Å²) >= 11 is 11.0. The van der Waals surface area contributed by atoms with Gasteiger partial charge in [-0.25, -0.2) is 0 Å². The fourth-order valence-electron chi connectivity index (χ4n) is 1.32. The van der Waals surface area contributed by atoms with Gasteiger partial charge in [-0.15, -0.1) is 0 Å². The van der Waals surface area contributed by atoms with Crippen LogP contribution in [-0.4, -0.2) is 32.1 Å². The molecule has 0 aromatic heterocycles. The summed E-state index contributed by atoms with van der Waals surface area (Å²) in [7, 11) is 3.27. The first-order valence-electron chi connectivity index (χ1n) is 5.63. The van der Waals surface area contributed by atoms with E-state index in [1.165, 1.54) is 0 Å². The molecule has 0 aliphatic rings. The zero-order valence-electron chi connectivity index (χ0n) is 11.0. The molecule has 0 bridgehead atoms. The van der Waals surface area contributed by atoms with Crippen LogP contribution in [-0.2, 0) is 0 Å². The van der Waals surface area contributed by atoms with Crippen molar-refractivity contribution in [3.8, 4) is 11.5 Å². The van der Waals surface area contributed by atoms with Gasteiger partial charge >= 0.3 is 0 Å². The third-order valence-electron chi connectivity index (χ3n) is 2.15. The number of hydrogen-bond donors (Lipinski definition) is 2. The number of ether oxygens (including phenoxy) is 2. The van der Waals surface area contributed by atoms with Crippen molar-refractivity contribution < 1.29 is 9.47 Å². The van der Waals surface area contributed by atoms with Crippen molar-refractivity contribution in [3.63, 3.8) is 0 Å². The first-order valence-corrected chi connectivity index (χ1v) is 6.42. The van der Waals surface area contributed by atoms with E-state index < -0.39 is 0 Å². The molecule has 7 heteroatoms. The van der Waals surface area contributed by atoms with Gasteiger partial charge < -0.3 is 14.8 Å². The molecule has 0 aliphatic carbocycles. The molecular formula is C12H16ClN3O2S. The van der Waals surface area contributed by atoms with E-state index in [1.54, 1.807) is 32.5 Å². The quantitative estimate of drug-likeness (QED) is 0.496. The molecule has 2 N–H and O–H groups in total. The SMILES string of the molecule is CCOc1c(Cl)cc(/C=N\NC(=S)NC)cc1OC. The summed E-state index contributed by atoms with van der Waals surface area (Å²) in [4.78, 5) is 0. The Morgan fingerprint density at radius 1 is 1.53 bits per heavy atom. The van der Waals surface area contributed by atoms with Gasteiger partial charge in [0, 0.05) is 7.05 Å². The molecule has 0 heterocycles. The van der Waals surface area contributed by atoms with Gasteiger partial charge in [0.25, 0.3) is 0 Å². The average molecular weight is 302 g/mol. The Balaban J connectivity index is 2.92. The summed E-state index contributed by atoms with van der Waals surface area (Å²) in [5, 5.41) is 7.62. The second kappa shape index (κ2) is 7.81. The molecule has 0 fully saturated rings. The van der Waals surface area contributed by atoms with E-state index >= 15 is 0 Å². The van der Waals surface area contributed by atoms with Crippen LogP contribution in [0.25, 0.3) is 0 Å². The molecule has 1 aromatic rings. The van der Waals surface area contributed by atoms with Crippen LogP contribution in [0.5, 0.6) is 11.5 Å². The minimum atomic E-state index is 0.431. The summed E-state index contributed by atoms with van der Waals surface area (Å²) in [6.07, 6.45) is 1.59. The lowest BCUT2D eigenvalue weighted by Gasteiger charge is -2.11. The Morgan fingerprint density at radius 3 is 2.84 bits per heavy atom. The minimum absolute atomic E-state index is 0.431. The van der Waals surface area contributed by atoms with E-state index in [0.29, 0.717) is 28.2 Å². The largest absolute Gasteiger partial charge is 0.493 e. The molecular weight excluding hydrogens is 286 g/mol. The van der Waals surface area contributed by atoms with Crippen molar-refractivity contribution >= 4 is 35.1 Å². The van der Waals surface area contributed by atoms with Gasteiger partial charge in [-0.3, -0.25) is 5.43 Å². The van der Waals surface area contributed by atoms with Crippen LogP contribution in [0.2, 0.25) is 5.02 Å². The molecule has 0 spiro atoms. The molecule has 0 radical (unpaired) electrons. The number of hydrogen-bond acceptors (Lipinski definition) is 4. The van der Waals surface area contributed by atoms with E-state index in [-0.39, 0.29) is 0 Å². The van der Waals surface area contributed by atoms with Crippen LogP contribution in [0.4, 0.5) is 0 Å². The number of benzene rings is 1. The zero-order valence-corrected chi connectivity index (χ0v) is 12.6. The molecule has 1 aromatic carbocycles. The summed E-state index contributed by atoms with van der Waals surface area (Å²) in [6, 6.07) is 3.52. The van der Waals surface area contributed by atoms with Gasteiger partial charge in [0.15, 0.2) is 16.6 Å². The van der Waals surface area contributed by atoms with E-state index in [4.69, 9.17) is 33.3 Å². The van der Waals surface area contributed by atoms with E-state index in [9.17, 15) is 0 Å². The highest BCUT2D eigenvalue weighted by Crippen LogP contribution is 2.35. The van der Waals surface area contributed by atoms with Gasteiger partial charge in [0.05, 0.1) is 25.0 Å². The van der Waals surface area contributed by atoms with Crippen molar-refractivity contribution in [1.82, 2.24) is 10.7 Å².